The van der Waals surface area contributed by atoms with Crippen LogP contribution in [0, 0.1) is 17.0 Å². The van der Waals surface area contributed by atoms with Gasteiger partial charge in [0.25, 0.3) is 11.6 Å². The molecule has 1 N–H and O–H groups in total. The monoisotopic (exact) mass is 327 g/mol. The molecule has 6 nitrogen and oxygen atoms in total. The summed E-state index contributed by atoms with van der Waals surface area (Å²) < 4.78 is 0. The Labute approximate surface area is 141 Å². The minimum absolute atomic E-state index is 0.101. The standard InChI is InChI=1S/C18H21N3O3/c1-4-20(5-2)15-9-10-17(13(3)11-15)19-18(22)14-7-6-8-16(12-14)21(23)24/h6-12H,4-5H2,1-3H3,(H,19,22). The van der Waals surface area contributed by atoms with Gasteiger partial charge in [-0.1, -0.05) is 6.07 Å². The number of nitrogens with zero attached hydrogens (tertiary/aromatic N) is 2. The molecule has 0 aliphatic carbocycles. The normalized spacial score (nSPS) is 10.3. The summed E-state index contributed by atoms with van der Waals surface area (Å²) in [7, 11) is 0. The summed E-state index contributed by atoms with van der Waals surface area (Å²) in [5, 5.41) is 13.6. The molecule has 0 bridgehead atoms. The predicted octanol–water partition coefficient (Wildman–Crippen LogP) is 4.00. The van der Waals surface area contributed by atoms with Crippen molar-refractivity contribution in [2.24, 2.45) is 0 Å². The Kier molecular flexibility index (Phi) is 5.52. The van der Waals surface area contributed by atoms with E-state index in [0.717, 1.165) is 24.3 Å². The Hall–Kier alpha value is -2.89. The Bertz CT molecular complexity index is 755. The second-order valence-corrected chi connectivity index (χ2v) is 5.43. The first-order valence-corrected chi connectivity index (χ1v) is 7.87. The van der Waals surface area contributed by atoms with Crippen molar-refractivity contribution >= 4 is 23.0 Å². The van der Waals surface area contributed by atoms with Gasteiger partial charge < -0.3 is 10.2 Å². The maximum atomic E-state index is 12.3. The molecule has 1 amide bonds. The van der Waals surface area contributed by atoms with Crippen molar-refractivity contribution in [1.29, 1.82) is 0 Å². The minimum Gasteiger partial charge on any atom is -0.372 e. The first kappa shape index (κ1) is 17.5. The fourth-order valence-electron chi connectivity index (χ4n) is 2.53. The molecule has 126 valence electrons. The number of non-ortho nitro benzene ring substituents is 1. The van der Waals surface area contributed by atoms with Gasteiger partial charge in [-0.25, -0.2) is 0 Å². The predicted molar refractivity (Wildman–Crippen MR) is 95.8 cm³/mol. The van der Waals surface area contributed by atoms with Crippen LogP contribution in [-0.4, -0.2) is 23.9 Å². The lowest BCUT2D eigenvalue weighted by Gasteiger charge is -2.22. The van der Waals surface area contributed by atoms with Crippen molar-refractivity contribution in [3.8, 4) is 0 Å². The van der Waals surface area contributed by atoms with E-state index in [0.29, 0.717) is 5.69 Å². The van der Waals surface area contributed by atoms with E-state index in [9.17, 15) is 14.9 Å². The number of aryl methyl sites for hydroxylation is 1. The lowest BCUT2D eigenvalue weighted by Crippen LogP contribution is -2.22. The Balaban J connectivity index is 2.20. The van der Waals surface area contributed by atoms with Crippen molar-refractivity contribution in [2.45, 2.75) is 20.8 Å². The summed E-state index contributed by atoms with van der Waals surface area (Å²) in [6.45, 7) is 7.94. The molecule has 0 radical (unpaired) electrons. The number of hydrogen-bond donors (Lipinski definition) is 1. The van der Waals surface area contributed by atoms with Crippen molar-refractivity contribution in [3.63, 3.8) is 0 Å². The van der Waals surface area contributed by atoms with Crippen molar-refractivity contribution in [3.05, 3.63) is 63.7 Å². The molecule has 0 saturated heterocycles. The molecule has 0 fully saturated rings. The fraction of sp³-hybridized carbons (Fsp3) is 0.278. The first-order chi connectivity index (χ1) is 11.5. The van der Waals surface area contributed by atoms with E-state index in [1.54, 1.807) is 6.07 Å². The zero-order chi connectivity index (χ0) is 17.7. The van der Waals surface area contributed by atoms with Gasteiger partial charge in [0.15, 0.2) is 0 Å². The third-order valence-corrected chi connectivity index (χ3v) is 3.91. The minimum atomic E-state index is -0.513. The highest BCUT2D eigenvalue weighted by atomic mass is 16.6. The number of nitro groups is 1. The molecule has 6 heteroatoms. The molecular formula is C18H21N3O3. The van der Waals surface area contributed by atoms with Gasteiger partial charge in [-0.2, -0.15) is 0 Å². The van der Waals surface area contributed by atoms with Gasteiger partial charge in [-0.15, -0.1) is 0 Å². The number of rotatable bonds is 6. The zero-order valence-corrected chi connectivity index (χ0v) is 14.1. The molecule has 0 aliphatic heterocycles. The molecule has 0 saturated carbocycles. The molecule has 0 atom stereocenters. The topological polar surface area (TPSA) is 75.5 Å². The van der Waals surface area contributed by atoms with Crippen molar-refractivity contribution in [2.75, 3.05) is 23.3 Å². The Morgan fingerprint density at radius 1 is 1.17 bits per heavy atom. The molecule has 0 aliphatic rings. The lowest BCUT2D eigenvalue weighted by atomic mass is 10.1. The van der Waals surface area contributed by atoms with Crippen LogP contribution in [0.1, 0.15) is 29.8 Å². The van der Waals surface area contributed by atoms with Gasteiger partial charge in [0.2, 0.25) is 0 Å². The lowest BCUT2D eigenvalue weighted by molar-refractivity contribution is -0.384. The molecule has 2 aromatic rings. The summed E-state index contributed by atoms with van der Waals surface area (Å²) >= 11 is 0. The van der Waals surface area contributed by atoms with Crippen molar-refractivity contribution < 1.29 is 9.72 Å². The van der Waals surface area contributed by atoms with Crippen LogP contribution < -0.4 is 10.2 Å². The van der Waals surface area contributed by atoms with Crippen LogP contribution in [0.25, 0.3) is 0 Å². The highest BCUT2D eigenvalue weighted by molar-refractivity contribution is 6.05. The van der Waals surface area contributed by atoms with Crippen LogP contribution in [0.4, 0.5) is 17.1 Å². The first-order valence-electron chi connectivity index (χ1n) is 7.87. The number of nitro benzene ring substituents is 1. The van der Waals surface area contributed by atoms with E-state index in [-0.39, 0.29) is 17.2 Å². The number of carbonyl (C=O) groups is 1. The van der Waals surface area contributed by atoms with Gasteiger partial charge in [-0.05, 0) is 50.6 Å². The van der Waals surface area contributed by atoms with E-state index >= 15 is 0 Å². The van der Waals surface area contributed by atoms with Gasteiger partial charge in [-0.3, -0.25) is 14.9 Å². The highest BCUT2D eigenvalue weighted by Crippen LogP contribution is 2.23. The van der Waals surface area contributed by atoms with Gasteiger partial charge in [0, 0.05) is 42.2 Å². The maximum Gasteiger partial charge on any atom is 0.270 e. The van der Waals surface area contributed by atoms with E-state index < -0.39 is 4.92 Å². The molecule has 0 spiro atoms. The summed E-state index contributed by atoms with van der Waals surface area (Å²) in [6.07, 6.45) is 0. The smallest absolute Gasteiger partial charge is 0.270 e. The summed E-state index contributed by atoms with van der Waals surface area (Å²) in [4.78, 5) is 24.9. The Morgan fingerprint density at radius 2 is 1.88 bits per heavy atom. The molecule has 2 aromatic carbocycles. The second-order valence-electron chi connectivity index (χ2n) is 5.43. The summed E-state index contributed by atoms with van der Waals surface area (Å²) in [6, 6.07) is 11.5. The number of anilines is 2. The van der Waals surface area contributed by atoms with Gasteiger partial charge in [0.05, 0.1) is 4.92 Å². The van der Waals surface area contributed by atoms with Crippen molar-refractivity contribution in [1.82, 2.24) is 0 Å². The Morgan fingerprint density at radius 3 is 2.46 bits per heavy atom. The SMILES string of the molecule is CCN(CC)c1ccc(NC(=O)c2cccc([N+](=O)[O-])c2)c(C)c1. The largest absolute Gasteiger partial charge is 0.372 e. The highest BCUT2D eigenvalue weighted by Gasteiger charge is 2.13. The number of amides is 1. The number of carbonyl (C=O) groups excluding carboxylic acids is 1. The van der Waals surface area contributed by atoms with E-state index in [4.69, 9.17) is 0 Å². The number of hydrogen-bond acceptors (Lipinski definition) is 4. The van der Waals surface area contributed by atoms with Gasteiger partial charge in [0.1, 0.15) is 0 Å². The van der Waals surface area contributed by atoms with Crippen LogP contribution in [0.5, 0.6) is 0 Å². The second kappa shape index (κ2) is 7.59. The van der Waals surface area contributed by atoms with E-state index in [2.05, 4.69) is 24.1 Å². The van der Waals surface area contributed by atoms with Crippen LogP contribution in [0.2, 0.25) is 0 Å². The molecule has 0 unspecified atom stereocenters. The van der Waals surface area contributed by atoms with Crippen LogP contribution in [-0.2, 0) is 0 Å². The van der Waals surface area contributed by atoms with Gasteiger partial charge >= 0.3 is 0 Å². The quantitative estimate of drug-likeness (QED) is 0.642. The van der Waals surface area contributed by atoms with E-state index in [1.165, 1.54) is 18.2 Å². The molecule has 24 heavy (non-hydrogen) atoms. The average molecular weight is 327 g/mol. The number of benzene rings is 2. The molecule has 2 rings (SSSR count). The third-order valence-electron chi connectivity index (χ3n) is 3.91. The van der Waals surface area contributed by atoms with Crippen LogP contribution in [0.3, 0.4) is 0 Å². The third kappa shape index (κ3) is 3.90. The number of nitrogens with one attached hydrogen (secondary N) is 1. The van der Waals surface area contributed by atoms with Crippen LogP contribution >= 0.6 is 0 Å². The molecular weight excluding hydrogens is 306 g/mol. The maximum absolute atomic E-state index is 12.3. The van der Waals surface area contributed by atoms with E-state index in [1.807, 2.05) is 25.1 Å². The average Bonchev–Trinajstić information content (AvgIpc) is 2.58. The molecule has 0 heterocycles. The molecule has 0 aromatic heterocycles. The summed E-state index contributed by atoms with van der Waals surface area (Å²) in [5.74, 6) is -0.364. The summed E-state index contributed by atoms with van der Waals surface area (Å²) in [5.41, 5.74) is 2.90. The zero-order valence-electron chi connectivity index (χ0n) is 14.1. The van der Waals surface area contributed by atoms with Crippen LogP contribution in [0.15, 0.2) is 42.5 Å². The fourth-order valence-corrected chi connectivity index (χ4v) is 2.53.